The van der Waals surface area contributed by atoms with Crippen LogP contribution in [0.15, 0.2) is 29.3 Å². The molecule has 1 saturated heterocycles. The lowest BCUT2D eigenvalue weighted by Gasteiger charge is -2.27. The highest BCUT2D eigenvalue weighted by Crippen LogP contribution is 2.25. The highest BCUT2D eigenvalue weighted by atomic mass is 32.2. The maximum Gasteiger partial charge on any atom is 0.388 e. The topological polar surface area (TPSA) is 94.3 Å². The third kappa shape index (κ3) is 3.59. The molecule has 28 heavy (non-hydrogen) atoms. The van der Waals surface area contributed by atoms with Crippen molar-refractivity contribution in [3.05, 3.63) is 24.3 Å². The van der Waals surface area contributed by atoms with Gasteiger partial charge in [0.1, 0.15) is 5.75 Å². The monoisotopic (exact) mass is 404 g/mol. The molecule has 0 radical (unpaired) electrons. The van der Waals surface area contributed by atoms with E-state index in [2.05, 4.69) is 10.3 Å². The summed E-state index contributed by atoms with van der Waals surface area (Å²) in [7, 11) is 4.76. The van der Waals surface area contributed by atoms with Crippen LogP contribution in [0.3, 0.4) is 0 Å². The number of ether oxygens (including phenoxy) is 1. The van der Waals surface area contributed by atoms with Crippen LogP contribution >= 0.6 is 11.8 Å². The van der Waals surface area contributed by atoms with Gasteiger partial charge < -0.3 is 10.1 Å². The second-order valence-corrected chi connectivity index (χ2v) is 7.18. The molecule has 1 N–H and O–H groups in total. The lowest BCUT2D eigenvalue weighted by molar-refractivity contribution is -0.367. The molecule has 0 aliphatic carbocycles. The number of para-hydroxylation sites is 2. The van der Waals surface area contributed by atoms with Gasteiger partial charge in [0.25, 0.3) is 23.0 Å². The first-order chi connectivity index (χ1) is 13.3. The molecule has 4 amide bonds. The summed E-state index contributed by atoms with van der Waals surface area (Å²) in [6.45, 7) is 2.37. The number of aliphatic imine (C=N–C) groups is 1. The molecule has 0 spiro atoms. The number of imide groups is 1. The minimum atomic E-state index is -0.762. The summed E-state index contributed by atoms with van der Waals surface area (Å²) in [4.78, 5) is 43.7. The van der Waals surface area contributed by atoms with E-state index in [9.17, 15) is 14.4 Å². The van der Waals surface area contributed by atoms with Gasteiger partial charge in [-0.1, -0.05) is 12.1 Å². The van der Waals surface area contributed by atoms with Gasteiger partial charge in [-0.3, -0.25) is 14.5 Å². The summed E-state index contributed by atoms with van der Waals surface area (Å²) in [6, 6.07) is 6.04. The highest BCUT2D eigenvalue weighted by Gasteiger charge is 2.51. The first kappa shape index (κ1) is 19.9. The zero-order valence-electron chi connectivity index (χ0n) is 16.1. The molecular formula is C18H22N5O4S+. The van der Waals surface area contributed by atoms with E-state index in [1.165, 1.54) is 23.7 Å². The van der Waals surface area contributed by atoms with Crippen LogP contribution < -0.4 is 10.1 Å². The van der Waals surface area contributed by atoms with Gasteiger partial charge in [0, 0.05) is 7.05 Å². The molecule has 10 heteroatoms. The first-order valence-electron chi connectivity index (χ1n) is 8.73. The summed E-state index contributed by atoms with van der Waals surface area (Å²) in [5.74, 6) is 0.606. The first-order valence-corrected chi connectivity index (χ1v) is 9.71. The molecule has 1 fully saturated rings. The quantitative estimate of drug-likeness (QED) is 0.741. The summed E-state index contributed by atoms with van der Waals surface area (Å²) in [5, 5.41) is 3.33. The van der Waals surface area contributed by atoms with E-state index >= 15 is 0 Å². The fraction of sp³-hybridized carbons (Fsp3) is 0.389. The minimum Gasteiger partial charge on any atom is -0.492 e. The van der Waals surface area contributed by atoms with Gasteiger partial charge in [-0.05, 0) is 30.8 Å². The average Bonchev–Trinajstić information content (AvgIpc) is 3.01. The number of nitrogens with zero attached hydrogens (tertiary/aromatic N) is 4. The zero-order valence-corrected chi connectivity index (χ0v) is 16.9. The van der Waals surface area contributed by atoms with Gasteiger partial charge in [-0.2, -0.15) is 0 Å². The number of thioether (sulfide) groups is 1. The summed E-state index contributed by atoms with van der Waals surface area (Å²) in [6.07, 6.45) is 0. The molecular weight excluding hydrogens is 382 g/mol. The third-order valence-corrected chi connectivity index (χ3v) is 5.43. The van der Waals surface area contributed by atoms with Crippen molar-refractivity contribution in [2.45, 2.75) is 13.0 Å². The van der Waals surface area contributed by atoms with Crippen molar-refractivity contribution in [1.82, 2.24) is 9.80 Å². The van der Waals surface area contributed by atoms with Crippen molar-refractivity contribution in [2.75, 3.05) is 38.8 Å². The van der Waals surface area contributed by atoms with Gasteiger partial charge in [-0.25, -0.2) is 14.3 Å². The number of amidine groups is 2. The molecule has 2 aliphatic rings. The lowest BCUT2D eigenvalue weighted by atomic mass is 10.2. The Balaban J connectivity index is 1.68. The van der Waals surface area contributed by atoms with Crippen LogP contribution in [0, 0.1) is 0 Å². The minimum absolute atomic E-state index is 0.103. The van der Waals surface area contributed by atoms with Crippen molar-refractivity contribution < 1.29 is 23.7 Å². The van der Waals surface area contributed by atoms with Crippen molar-refractivity contribution in [2.24, 2.45) is 4.99 Å². The van der Waals surface area contributed by atoms with E-state index in [-0.39, 0.29) is 17.6 Å². The summed E-state index contributed by atoms with van der Waals surface area (Å²) < 4.78 is 7.18. The smallest absolute Gasteiger partial charge is 0.388 e. The third-order valence-electron chi connectivity index (χ3n) is 4.39. The van der Waals surface area contributed by atoms with Crippen LogP contribution in [-0.4, -0.2) is 82.8 Å². The van der Waals surface area contributed by atoms with Crippen molar-refractivity contribution in [3.8, 4) is 5.75 Å². The van der Waals surface area contributed by atoms with Crippen LogP contribution in [0.4, 0.5) is 10.5 Å². The molecule has 0 bridgehead atoms. The normalized spacial score (nSPS) is 19.0. The Morgan fingerprint density at radius 2 is 2.00 bits per heavy atom. The lowest BCUT2D eigenvalue weighted by Crippen LogP contribution is -2.59. The fourth-order valence-electron chi connectivity index (χ4n) is 3.01. The molecule has 2 heterocycles. The molecule has 0 saturated carbocycles. The molecule has 0 aromatic heterocycles. The van der Waals surface area contributed by atoms with E-state index in [1.807, 2.05) is 19.1 Å². The van der Waals surface area contributed by atoms with Gasteiger partial charge >= 0.3 is 6.03 Å². The van der Waals surface area contributed by atoms with E-state index in [1.54, 1.807) is 30.8 Å². The Kier molecular flexibility index (Phi) is 5.68. The fourth-order valence-corrected chi connectivity index (χ4v) is 3.81. The van der Waals surface area contributed by atoms with E-state index in [0.29, 0.717) is 29.0 Å². The van der Waals surface area contributed by atoms with Crippen molar-refractivity contribution >= 4 is 46.3 Å². The number of urea groups is 1. The molecule has 3 rings (SSSR count). The molecule has 9 nitrogen and oxygen atoms in total. The largest absolute Gasteiger partial charge is 0.492 e. The van der Waals surface area contributed by atoms with E-state index in [4.69, 9.17) is 4.74 Å². The number of rotatable bonds is 5. The van der Waals surface area contributed by atoms with Crippen LogP contribution in [0.5, 0.6) is 5.75 Å². The second-order valence-electron chi connectivity index (χ2n) is 6.24. The number of likely N-dealkylation sites (N-methyl/N-ethyl adjacent to an activating group) is 2. The summed E-state index contributed by atoms with van der Waals surface area (Å²) in [5.41, 5.74) is 0.599. The van der Waals surface area contributed by atoms with Gasteiger partial charge in [-0.15, -0.1) is 4.99 Å². The van der Waals surface area contributed by atoms with Crippen LogP contribution in [-0.2, 0) is 9.59 Å². The Morgan fingerprint density at radius 3 is 2.71 bits per heavy atom. The van der Waals surface area contributed by atoms with E-state index < -0.39 is 12.1 Å². The number of amides is 4. The number of fused-ring (bicyclic) bond motifs is 1. The van der Waals surface area contributed by atoms with Gasteiger partial charge in [0.15, 0.2) is 0 Å². The maximum absolute atomic E-state index is 12.4. The highest BCUT2D eigenvalue weighted by molar-refractivity contribution is 8.14. The summed E-state index contributed by atoms with van der Waals surface area (Å²) >= 11 is 1.20. The number of nitrogens with one attached hydrogen (secondary N) is 1. The number of benzene rings is 1. The molecule has 1 aromatic carbocycles. The Bertz CT molecular complexity index is 898. The average molecular weight is 404 g/mol. The van der Waals surface area contributed by atoms with Crippen LogP contribution in [0.2, 0.25) is 0 Å². The number of hydrogen-bond acceptors (Lipinski definition) is 6. The number of carbonyl (C=O) groups excluding carboxylic acids is 3. The zero-order chi connectivity index (χ0) is 20.4. The number of anilines is 1. The SMILES string of the molecule is CCOc1ccccc1NC(=O)CSC1=NC2C(=O)N(C)C(=O)N(C)C2=[N+]1C. The maximum atomic E-state index is 12.4. The standard InChI is InChI=1S/C18H21N5O4S/c1-5-27-12-9-7-6-8-11(12)19-13(24)10-28-17-20-14-15(21(17)2)22(3)18(26)23(4)16(14)25/h6-9,14H,5,10H2,1-4H3/p+1. The molecule has 1 atom stereocenters. The predicted octanol–water partition coefficient (Wildman–Crippen LogP) is 1.06. The van der Waals surface area contributed by atoms with Crippen LogP contribution in [0.1, 0.15) is 6.92 Å². The van der Waals surface area contributed by atoms with Gasteiger partial charge in [0.05, 0.1) is 32.1 Å². The number of carbonyl (C=O) groups is 3. The second kappa shape index (κ2) is 8.01. The molecule has 1 unspecified atom stereocenters. The van der Waals surface area contributed by atoms with Gasteiger partial charge in [0.2, 0.25) is 5.91 Å². The van der Waals surface area contributed by atoms with Crippen molar-refractivity contribution in [3.63, 3.8) is 0 Å². The predicted molar refractivity (Wildman–Crippen MR) is 107 cm³/mol. The van der Waals surface area contributed by atoms with E-state index in [0.717, 1.165) is 4.90 Å². The number of hydrogen-bond donors (Lipinski definition) is 1. The molecule has 2 aliphatic heterocycles. The van der Waals surface area contributed by atoms with Crippen molar-refractivity contribution in [1.29, 1.82) is 0 Å². The van der Waals surface area contributed by atoms with Crippen LogP contribution in [0.25, 0.3) is 0 Å². The Morgan fingerprint density at radius 1 is 1.29 bits per heavy atom. The Labute approximate surface area is 167 Å². The molecule has 148 valence electrons. The molecule has 1 aromatic rings. The Hall–Kier alpha value is -2.88.